The molecule has 1 fully saturated rings. The Hall–Kier alpha value is -2.04. The largest absolute Gasteiger partial charge is 0.399 e. The molecular formula is C13H17N3O2. The zero-order chi connectivity index (χ0) is 13.1. The molecule has 1 aromatic carbocycles. The Kier molecular flexibility index (Phi) is 3.50. The number of carbonyl (C=O) groups excluding carboxylic acids is 2. The SMILES string of the molecule is Cc1cc(N)ccc1NC(=O)CN1CCCC1=O. The first-order valence-electron chi connectivity index (χ1n) is 6.00. The Morgan fingerprint density at radius 3 is 2.89 bits per heavy atom. The third-order valence-electron chi connectivity index (χ3n) is 3.03. The van der Waals surface area contributed by atoms with Crippen LogP contribution in [0.25, 0.3) is 0 Å². The van der Waals surface area contributed by atoms with Crippen LogP contribution in [-0.2, 0) is 9.59 Å². The molecule has 0 radical (unpaired) electrons. The molecule has 0 bridgehead atoms. The Labute approximate surface area is 106 Å². The molecule has 1 heterocycles. The third-order valence-corrected chi connectivity index (χ3v) is 3.03. The van der Waals surface area contributed by atoms with Crippen molar-refractivity contribution < 1.29 is 9.59 Å². The number of likely N-dealkylation sites (tertiary alicyclic amines) is 1. The maximum atomic E-state index is 11.8. The minimum Gasteiger partial charge on any atom is -0.399 e. The maximum absolute atomic E-state index is 11.8. The lowest BCUT2D eigenvalue weighted by atomic mass is 10.2. The summed E-state index contributed by atoms with van der Waals surface area (Å²) in [5.41, 5.74) is 7.96. The zero-order valence-corrected chi connectivity index (χ0v) is 10.4. The fraction of sp³-hybridized carbons (Fsp3) is 0.385. The second-order valence-electron chi connectivity index (χ2n) is 4.54. The number of aryl methyl sites for hydroxylation is 1. The molecule has 1 aliphatic heterocycles. The predicted molar refractivity (Wildman–Crippen MR) is 70.0 cm³/mol. The van der Waals surface area contributed by atoms with Gasteiger partial charge in [0, 0.05) is 24.3 Å². The smallest absolute Gasteiger partial charge is 0.244 e. The zero-order valence-electron chi connectivity index (χ0n) is 10.4. The standard InChI is InChI=1S/C13H17N3O2/c1-9-7-10(14)4-5-11(9)15-12(17)8-16-6-2-3-13(16)18/h4-5,7H,2-3,6,8,14H2,1H3,(H,15,17). The van der Waals surface area contributed by atoms with Crippen molar-refractivity contribution in [1.29, 1.82) is 0 Å². The summed E-state index contributed by atoms with van der Waals surface area (Å²) in [7, 11) is 0. The number of nitrogen functional groups attached to an aromatic ring is 1. The van der Waals surface area contributed by atoms with Crippen molar-refractivity contribution >= 4 is 23.2 Å². The third kappa shape index (κ3) is 2.80. The molecular weight excluding hydrogens is 230 g/mol. The summed E-state index contributed by atoms with van der Waals surface area (Å²) in [6.07, 6.45) is 1.39. The van der Waals surface area contributed by atoms with Crippen molar-refractivity contribution in [3.63, 3.8) is 0 Å². The number of carbonyl (C=O) groups is 2. The van der Waals surface area contributed by atoms with Crippen LogP contribution in [0.4, 0.5) is 11.4 Å². The Bertz CT molecular complexity index is 485. The van der Waals surface area contributed by atoms with Gasteiger partial charge in [0.25, 0.3) is 0 Å². The highest BCUT2D eigenvalue weighted by molar-refractivity contribution is 5.95. The number of benzene rings is 1. The van der Waals surface area contributed by atoms with E-state index in [1.165, 1.54) is 0 Å². The van der Waals surface area contributed by atoms with Gasteiger partial charge in [0.05, 0.1) is 6.54 Å². The fourth-order valence-electron chi connectivity index (χ4n) is 2.06. The van der Waals surface area contributed by atoms with Crippen molar-refractivity contribution in [2.45, 2.75) is 19.8 Å². The van der Waals surface area contributed by atoms with Gasteiger partial charge in [-0.1, -0.05) is 0 Å². The van der Waals surface area contributed by atoms with Gasteiger partial charge in [0.1, 0.15) is 0 Å². The van der Waals surface area contributed by atoms with E-state index >= 15 is 0 Å². The molecule has 0 spiro atoms. The molecule has 96 valence electrons. The van der Waals surface area contributed by atoms with E-state index in [9.17, 15) is 9.59 Å². The van der Waals surface area contributed by atoms with Crippen LogP contribution in [0.5, 0.6) is 0 Å². The number of nitrogens with one attached hydrogen (secondary N) is 1. The van der Waals surface area contributed by atoms with Crippen LogP contribution in [0.3, 0.4) is 0 Å². The highest BCUT2D eigenvalue weighted by atomic mass is 16.2. The molecule has 5 nitrogen and oxygen atoms in total. The van der Waals surface area contributed by atoms with Gasteiger partial charge >= 0.3 is 0 Å². The van der Waals surface area contributed by atoms with E-state index in [0.717, 1.165) is 17.7 Å². The summed E-state index contributed by atoms with van der Waals surface area (Å²) in [5, 5.41) is 2.80. The number of amides is 2. The number of hydrogen-bond donors (Lipinski definition) is 2. The van der Waals surface area contributed by atoms with Crippen LogP contribution in [0, 0.1) is 6.92 Å². The Balaban J connectivity index is 1.96. The van der Waals surface area contributed by atoms with Gasteiger partial charge in [0.15, 0.2) is 0 Å². The van der Waals surface area contributed by atoms with Crippen molar-refractivity contribution in [3.8, 4) is 0 Å². The topological polar surface area (TPSA) is 75.4 Å². The highest BCUT2D eigenvalue weighted by Crippen LogP contribution is 2.18. The van der Waals surface area contributed by atoms with Crippen LogP contribution in [-0.4, -0.2) is 29.8 Å². The summed E-state index contributed by atoms with van der Waals surface area (Å²) < 4.78 is 0. The fourth-order valence-corrected chi connectivity index (χ4v) is 2.06. The van der Waals surface area contributed by atoms with Crippen molar-refractivity contribution in [1.82, 2.24) is 4.90 Å². The first-order chi connectivity index (χ1) is 8.56. The minimum atomic E-state index is -0.168. The van der Waals surface area contributed by atoms with Gasteiger partial charge in [-0.15, -0.1) is 0 Å². The molecule has 1 aromatic rings. The summed E-state index contributed by atoms with van der Waals surface area (Å²) in [5.74, 6) is -0.114. The molecule has 2 rings (SSSR count). The number of nitrogens with zero attached hydrogens (tertiary/aromatic N) is 1. The maximum Gasteiger partial charge on any atom is 0.244 e. The monoisotopic (exact) mass is 247 g/mol. The van der Waals surface area contributed by atoms with Gasteiger partial charge in [-0.05, 0) is 37.1 Å². The lowest BCUT2D eigenvalue weighted by Gasteiger charge is -2.15. The summed E-state index contributed by atoms with van der Waals surface area (Å²) >= 11 is 0. The molecule has 0 saturated carbocycles. The van der Waals surface area contributed by atoms with Gasteiger partial charge in [-0.25, -0.2) is 0 Å². The number of rotatable bonds is 3. The van der Waals surface area contributed by atoms with E-state index in [-0.39, 0.29) is 18.4 Å². The average Bonchev–Trinajstić information content (AvgIpc) is 2.69. The second-order valence-corrected chi connectivity index (χ2v) is 4.54. The average molecular weight is 247 g/mol. The first-order valence-corrected chi connectivity index (χ1v) is 6.00. The summed E-state index contributed by atoms with van der Waals surface area (Å²) in [6.45, 7) is 2.68. The molecule has 0 atom stereocenters. The van der Waals surface area contributed by atoms with Gasteiger partial charge in [-0.3, -0.25) is 9.59 Å². The quantitative estimate of drug-likeness (QED) is 0.786. The molecule has 1 aliphatic rings. The van der Waals surface area contributed by atoms with E-state index in [1.807, 2.05) is 6.92 Å². The van der Waals surface area contributed by atoms with E-state index < -0.39 is 0 Å². The van der Waals surface area contributed by atoms with E-state index in [2.05, 4.69) is 5.32 Å². The van der Waals surface area contributed by atoms with Gasteiger partial charge in [-0.2, -0.15) is 0 Å². The molecule has 2 amide bonds. The molecule has 5 heteroatoms. The number of hydrogen-bond acceptors (Lipinski definition) is 3. The van der Waals surface area contributed by atoms with Crippen LogP contribution in [0.1, 0.15) is 18.4 Å². The van der Waals surface area contributed by atoms with E-state index in [1.54, 1.807) is 23.1 Å². The Morgan fingerprint density at radius 1 is 1.50 bits per heavy atom. The summed E-state index contributed by atoms with van der Waals surface area (Å²) in [4.78, 5) is 24.8. The Morgan fingerprint density at radius 2 is 2.28 bits per heavy atom. The van der Waals surface area contributed by atoms with Gasteiger partial charge < -0.3 is 16.0 Å². The molecule has 0 aromatic heterocycles. The van der Waals surface area contributed by atoms with Gasteiger partial charge in [0.2, 0.25) is 11.8 Å². The van der Waals surface area contributed by atoms with Crippen LogP contribution < -0.4 is 11.1 Å². The van der Waals surface area contributed by atoms with E-state index in [4.69, 9.17) is 5.73 Å². The van der Waals surface area contributed by atoms with Crippen LogP contribution in [0.15, 0.2) is 18.2 Å². The highest BCUT2D eigenvalue weighted by Gasteiger charge is 2.22. The van der Waals surface area contributed by atoms with Crippen molar-refractivity contribution in [2.75, 3.05) is 24.1 Å². The predicted octanol–water partition coefficient (Wildman–Crippen LogP) is 1.14. The molecule has 0 aliphatic carbocycles. The van der Waals surface area contributed by atoms with Crippen molar-refractivity contribution in [3.05, 3.63) is 23.8 Å². The second kappa shape index (κ2) is 5.08. The number of anilines is 2. The summed E-state index contributed by atoms with van der Waals surface area (Å²) in [6, 6.07) is 5.31. The van der Waals surface area contributed by atoms with Crippen molar-refractivity contribution in [2.24, 2.45) is 0 Å². The normalized spacial score (nSPS) is 14.9. The lowest BCUT2D eigenvalue weighted by Crippen LogP contribution is -2.34. The molecule has 1 saturated heterocycles. The van der Waals surface area contributed by atoms with Crippen LogP contribution in [0.2, 0.25) is 0 Å². The van der Waals surface area contributed by atoms with Crippen LogP contribution >= 0.6 is 0 Å². The first kappa shape index (κ1) is 12.4. The van der Waals surface area contributed by atoms with E-state index in [0.29, 0.717) is 18.7 Å². The molecule has 0 unspecified atom stereocenters. The molecule has 18 heavy (non-hydrogen) atoms. The minimum absolute atomic E-state index is 0.0548. The molecule has 3 N–H and O–H groups in total. The number of nitrogens with two attached hydrogens (primary N) is 1. The lowest BCUT2D eigenvalue weighted by molar-refractivity contribution is -0.131.